The van der Waals surface area contributed by atoms with Crippen molar-refractivity contribution in [3.05, 3.63) is 39.1 Å². The maximum Gasteiger partial charge on any atom is 0.255 e. The van der Waals surface area contributed by atoms with Crippen LogP contribution in [0.3, 0.4) is 0 Å². The summed E-state index contributed by atoms with van der Waals surface area (Å²) in [6.07, 6.45) is 0. The van der Waals surface area contributed by atoms with Gasteiger partial charge in [-0.2, -0.15) is 0 Å². The average Bonchev–Trinajstić information content (AvgIpc) is 2.98. The van der Waals surface area contributed by atoms with Gasteiger partial charge in [-0.1, -0.05) is 5.16 Å². The van der Waals surface area contributed by atoms with Crippen LogP contribution in [0.1, 0.15) is 22.7 Å². The van der Waals surface area contributed by atoms with Crippen molar-refractivity contribution in [1.29, 1.82) is 0 Å². The van der Waals surface area contributed by atoms with Crippen molar-refractivity contribution in [1.82, 2.24) is 14.7 Å². The molecule has 2 aromatic rings. The fourth-order valence-corrected chi connectivity index (χ4v) is 2.60. The van der Waals surface area contributed by atoms with Crippen LogP contribution in [-0.2, 0) is 24.4 Å². The van der Waals surface area contributed by atoms with Crippen molar-refractivity contribution in [2.24, 2.45) is 0 Å². The minimum absolute atomic E-state index is 0.0340. The fourth-order valence-electron chi connectivity index (χ4n) is 2.60. The third-order valence-electron chi connectivity index (χ3n) is 3.74. The van der Waals surface area contributed by atoms with E-state index in [4.69, 9.17) is 9.26 Å². The van der Waals surface area contributed by atoms with Gasteiger partial charge in [0.1, 0.15) is 5.76 Å². The molecule has 1 aliphatic rings. The summed E-state index contributed by atoms with van der Waals surface area (Å²) in [5.74, 6) is 1.50. The first-order valence-electron chi connectivity index (χ1n) is 6.86. The van der Waals surface area contributed by atoms with Crippen molar-refractivity contribution >= 4 is 5.95 Å². The minimum atomic E-state index is -0.0340. The lowest BCUT2D eigenvalue weighted by Crippen LogP contribution is -2.24. The van der Waals surface area contributed by atoms with Crippen LogP contribution in [0.2, 0.25) is 0 Å². The Hall–Kier alpha value is -2.15. The molecule has 0 unspecified atom stereocenters. The quantitative estimate of drug-likeness (QED) is 0.837. The summed E-state index contributed by atoms with van der Waals surface area (Å²) in [6, 6.07) is 1.53. The van der Waals surface area contributed by atoms with Gasteiger partial charge in [0.2, 0.25) is 5.95 Å². The molecule has 112 valence electrons. The van der Waals surface area contributed by atoms with E-state index in [0.29, 0.717) is 31.3 Å². The SMILES string of the molecule is COCc1cc(=O)n2c(n1)N(Cc1c(C)noc1C)CC2. The van der Waals surface area contributed by atoms with Crippen LogP contribution < -0.4 is 10.5 Å². The molecule has 3 rings (SSSR count). The molecule has 0 fully saturated rings. The Balaban J connectivity index is 1.94. The van der Waals surface area contributed by atoms with Gasteiger partial charge in [-0.05, 0) is 13.8 Å². The molecule has 0 spiro atoms. The Morgan fingerprint density at radius 1 is 1.38 bits per heavy atom. The van der Waals surface area contributed by atoms with Crippen molar-refractivity contribution in [3.63, 3.8) is 0 Å². The summed E-state index contributed by atoms with van der Waals surface area (Å²) >= 11 is 0. The van der Waals surface area contributed by atoms with Crippen molar-refractivity contribution in [2.75, 3.05) is 18.6 Å². The van der Waals surface area contributed by atoms with Crippen molar-refractivity contribution in [3.8, 4) is 0 Å². The second kappa shape index (κ2) is 5.33. The van der Waals surface area contributed by atoms with Crippen LogP contribution in [0.15, 0.2) is 15.4 Å². The number of methoxy groups -OCH3 is 1. The number of rotatable bonds is 4. The lowest BCUT2D eigenvalue weighted by atomic mass is 10.2. The van der Waals surface area contributed by atoms with Gasteiger partial charge in [-0.15, -0.1) is 0 Å². The van der Waals surface area contributed by atoms with Gasteiger partial charge in [0.25, 0.3) is 5.56 Å². The van der Waals surface area contributed by atoms with Gasteiger partial charge >= 0.3 is 0 Å². The molecule has 0 aliphatic carbocycles. The standard InChI is InChI=1S/C14H18N4O3/c1-9-12(10(2)21-16-9)7-17-4-5-18-13(19)6-11(8-20-3)15-14(17)18/h6H,4-5,7-8H2,1-3H3. The molecule has 21 heavy (non-hydrogen) atoms. The lowest BCUT2D eigenvalue weighted by Gasteiger charge is -2.17. The van der Waals surface area contributed by atoms with E-state index in [1.807, 2.05) is 13.8 Å². The van der Waals surface area contributed by atoms with E-state index in [2.05, 4.69) is 15.0 Å². The predicted octanol–water partition coefficient (Wildman–Crippen LogP) is 1.01. The minimum Gasteiger partial charge on any atom is -0.378 e. The maximum absolute atomic E-state index is 12.1. The molecule has 0 amide bonds. The first-order valence-corrected chi connectivity index (χ1v) is 6.86. The summed E-state index contributed by atoms with van der Waals surface area (Å²) in [4.78, 5) is 18.7. The van der Waals surface area contributed by atoms with E-state index in [1.54, 1.807) is 11.7 Å². The Morgan fingerprint density at radius 3 is 2.86 bits per heavy atom. The molecule has 0 atom stereocenters. The molecule has 0 saturated carbocycles. The van der Waals surface area contributed by atoms with Gasteiger partial charge < -0.3 is 14.2 Å². The number of nitrogens with zero attached hydrogens (tertiary/aromatic N) is 4. The van der Waals surface area contributed by atoms with Crippen molar-refractivity contribution in [2.45, 2.75) is 33.5 Å². The number of hydrogen-bond acceptors (Lipinski definition) is 6. The zero-order valence-corrected chi connectivity index (χ0v) is 12.4. The van der Waals surface area contributed by atoms with E-state index in [9.17, 15) is 4.79 Å². The third-order valence-corrected chi connectivity index (χ3v) is 3.74. The topological polar surface area (TPSA) is 73.4 Å². The molecule has 7 heteroatoms. The molecule has 0 aromatic carbocycles. The highest BCUT2D eigenvalue weighted by Crippen LogP contribution is 2.22. The largest absolute Gasteiger partial charge is 0.378 e. The van der Waals surface area contributed by atoms with Crippen molar-refractivity contribution < 1.29 is 9.26 Å². The first kappa shape index (κ1) is 13.8. The van der Waals surface area contributed by atoms with Crippen LogP contribution in [-0.4, -0.2) is 28.4 Å². The molecule has 0 saturated heterocycles. The van der Waals surface area contributed by atoms with E-state index in [0.717, 1.165) is 23.6 Å². The zero-order valence-electron chi connectivity index (χ0n) is 12.4. The van der Waals surface area contributed by atoms with E-state index in [1.165, 1.54) is 6.07 Å². The van der Waals surface area contributed by atoms with Gasteiger partial charge in [0, 0.05) is 31.8 Å². The second-order valence-electron chi connectivity index (χ2n) is 5.19. The van der Waals surface area contributed by atoms with E-state index >= 15 is 0 Å². The Kier molecular flexibility index (Phi) is 3.50. The predicted molar refractivity (Wildman–Crippen MR) is 76.2 cm³/mol. The highest BCUT2D eigenvalue weighted by atomic mass is 16.5. The average molecular weight is 290 g/mol. The normalized spacial score (nSPS) is 13.8. The van der Waals surface area contributed by atoms with Crippen LogP contribution in [0, 0.1) is 13.8 Å². The number of aryl methyl sites for hydroxylation is 2. The fraction of sp³-hybridized carbons (Fsp3) is 0.500. The summed E-state index contributed by atoms with van der Waals surface area (Å²) < 4.78 is 12.0. The van der Waals surface area contributed by atoms with Crippen LogP contribution in [0.25, 0.3) is 0 Å². The number of anilines is 1. The molecular formula is C14H18N4O3. The Bertz CT molecular complexity index is 700. The molecule has 1 aliphatic heterocycles. The highest BCUT2D eigenvalue weighted by molar-refractivity contribution is 5.38. The third kappa shape index (κ3) is 2.44. The van der Waals surface area contributed by atoms with Gasteiger partial charge in [-0.3, -0.25) is 9.36 Å². The summed E-state index contributed by atoms with van der Waals surface area (Å²) in [5.41, 5.74) is 2.55. The molecular weight excluding hydrogens is 272 g/mol. The second-order valence-corrected chi connectivity index (χ2v) is 5.19. The van der Waals surface area contributed by atoms with E-state index in [-0.39, 0.29) is 5.56 Å². The van der Waals surface area contributed by atoms with Gasteiger partial charge in [-0.25, -0.2) is 4.98 Å². The summed E-state index contributed by atoms with van der Waals surface area (Å²) in [7, 11) is 1.59. The summed E-state index contributed by atoms with van der Waals surface area (Å²) in [6.45, 7) is 6.20. The highest BCUT2D eigenvalue weighted by Gasteiger charge is 2.24. The molecule has 0 radical (unpaired) electrons. The Morgan fingerprint density at radius 2 is 2.19 bits per heavy atom. The lowest BCUT2D eigenvalue weighted by molar-refractivity contribution is 0.181. The van der Waals surface area contributed by atoms with Crippen LogP contribution in [0.5, 0.6) is 0 Å². The molecule has 0 N–H and O–H groups in total. The maximum atomic E-state index is 12.1. The smallest absolute Gasteiger partial charge is 0.255 e. The van der Waals surface area contributed by atoms with Crippen LogP contribution >= 0.6 is 0 Å². The van der Waals surface area contributed by atoms with Gasteiger partial charge in [0.15, 0.2) is 0 Å². The molecule has 0 bridgehead atoms. The zero-order chi connectivity index (χ0) is 15.0. The monoisotopic (exact) mass is 290 g/mol. The number of hydrogen-bond donors (Lipinski definition) is 0. The number of fused-ring (bicyclic) bond motifs is 1. The molecule has 2 aromatic heterocycles. The molecule has 7 nitrogen and oxygen atoms in total. The summed E-state index contributed by atoms with van der Waals surface area (Å²) in [5, 5.41) is 3.97. The van der Waals surface area contributed by atoms with Crippen LogP contribution in [0.4, 0.5) is 5.95 Å². The Labute approximate surface area is 122 Å². The number of ether oxygens (including phenoxy) is 1. The first-order chi connectivity index (χ1) is 10.1. The van der Waals surface area contributed by atoms with Gasteiger partial charge in [0.05, 0.1) is 24.5 Å². The van der Waals surface area contributed by atoms with E-state index < -0.39 is 0 Å². The molecule has 3 heterocycles. The number of aromatic nitrogens is 3.